The fraction of sp³-hybridized carbons (Fsp3) is 0.450. The topological polar surface area (TPSA) is 721 Å². The Morgan fingerprint density at radius 1 is 0.523 bits per heavy atom. The number of H-pyrrole nitrogens is 4. The fourth-order valence-electron chi connectivity index (χ4n) is 7.67. The van der Waals surface area contributed by atoms with Crippen molar-refractivity contribution < 1.29 is 137 Å². The number of nitrogens with zero attached hydrogens (tertiary/aromatic N) is 4. The maximum Gasteiger partial charge on any atom is 1.00 e. The number of aliphatic hydroxyl groups is 4. The average molecular weight is 1560 g/mol. The van der Waals surface area contributed by atoms with Crippen molar-refractivity contribution in [3.8, 4) is 0 Å². The molecule has 0 spiro atoms. The molecule has 109 heavy (non-hydrogen) atoms. The van der Waals surface area contributed by atoms with Crippen LogP contribution in [0.3, 0.4) is 0 Å². The van der Waals surface area contributed by atoms with Crippen molar-refractivity contribution in [3.05, 3.63) is 113 Å². The van der Waals surface area contributed by atoms with Crippen molar-refractivity contribution >= 4 is 100 Å². The molecule has 0 saturated carbocycles. The molecule has 4 aliphatic heterocycles. The van der Waals surface area contributed by atoms with E-state index in [1.165, 1.54) is 35.9 Å². The van der Waals surface area contributed by atoms with Gasteiger partial charge in [0.15, 0.2) is 23.8 Å². The molecule has 0 aromatic carbocycles. The first kappa shape index (κ1) is 95.6. The van der Waals surface area contributed by atoms with Crippen molar-refractivity contribution in [1.82, 2.24) is 62.5 Å². The Hall–Kier alpha value is -11.4. The summed E-state index contributed by atoms with van der Waals surface area (Å²) in [6.45, 7) is 8.32. The molecule has 0 fully saturated rings. The summed E-state index contributed by atoms with van der Waals surface area (Å²) in [5, 5.41) is 93.2. The number of esters is 2. The molecule has 49 heteroatoms. The third-order valence-corrected chi connectivity index (χ3v) is 13.3. The van der Waals surface area contributed by atoms with Crippen LogP contribution in [-0.2, 0) is 33.4 Å². The van der Waals surface area contributed by atoms with E-state index in [1.54, 1.807) is 13.8 Å². The van der Waals surface area contributed by atoms with E-state index in [0.717, 1.165) is 24.9 Å². The number of halogens is 3. The van der Waals surface area contributed by atoms with Gasteiger partial charge in [0.2, 0.25) is 5.91 Å². The van der Waals surface area contributed by atoms with Crippen LogP contribution in [0.1, 0.15) is 82.0 Å². The van der Waals surface area contributed by atoms with Gasteiger partial charge in [-0.15, -0.1) is 0 Å². The first-order valence-electron chi connectivity index (χ1n) is 32.0. The minimum absolute atomic E-state index is 0. The van der Waals surface area contributed by atoms with Crippen LogP contribution in [0.15, 0.2) is 88.2 Å². The molecular weight excluding hydrogens is 1480 g/mol. The summed E-state index contributed by atoms with van der Waals surface area (Å²) in [6.07, 6.45) is -3.08. The van der Waals surface area contributed by atoms with Crippen LogP contribution >= 0.6 is 0 Å². The van der Waals surface area contributed by atoms with E-state index in [4.69, 9.17) is 31.5 Å². The number of aromatic amines is 4. The largest absolute Gasteiger partial charge is 1.00 e. The van der Waals surface area contributed by atoms with Gasteiger partial charge in [0.1, 0.15) is 41.9 Å². The number of carbonyl (C=O) groups excluding carboxylic acids is 6. The minimum atomic E-state index is -4.98. The predicted molar refractivity (Wildman–Crippen MR) is 378 cm³/mol. The number of pyridine rings is 4. The molecule has 0 bridgehead atoms. The van der Waals surface area contributed by atoms with E-state index in [0.29, 0.717) is 50.2 Å². The van der Waals surface area contributed by atoms with Crippen LogP contribution in [-0.4, -0.2) is 273 Å². The number of anilines is 4. The summed E-state index contributed by atoms with van der Waals surface area (Å²) in [7, 11) is 0. The molecule has 8 rings (SSSR count). The summed E-state index contributed by atoms with van der Waals surface area (Å²) < 4.78 is 47.4. The monoisotopic (exact) mass is 1560 g/mol. The molecule has 4 aliphatic rings. The van der Waals surface area contributed by atoms with E-state index in [2.05, 4.69) is 110 Å². The summed E-state index contributed by atoms with van der Waals surface area (Å²) >= 11 is 0. The molecular formula is C60H86F3N22NaO23. The molecule has 4 amide bonds. The van der Waals surface area contributed by atoms with Gasteiger partial charge < -0.3 is 146 Å². The Balaban J connectivity index is 0.000000695. The van der Waals surface area contributed by atoms with Crippen LogP contribution in [0.2, 0.25) is 0 Å². The minimum Gasteiger partial charge on any atom is -0.870 e. The van der Waals surface area contributed by atoms with E-state index in [1.807, 2.05) is 6.92 Å². The smallest absolute Gasteiger partial charge is 0.870 e. The first-order valence-corrected chi connectivity index (χ1v) is 32.0. The van der Waals surface area contributed by atoms with Gasteiger partial charge in [-0.05, 0) is 51.5 Å². The average Bonchev–Trinajstić information content (AvgIpc) is 0.855. The summed E-state index contributed by atoms with van der Waals surface area (Å²) in [4.78, 5) is 173. The second-order valence-corrected chi connectivity index (χ2v) is 22.1. The Morgan fingerprint density at radius 2 is 0.826 bits per heavy atom. The Kier molecular flexibility index (Phi) is 43.4. The number of nitrogens with two attached hydrogens (primary N) is 2. The maximum absolute atomic E-state index is 12.8. The number of β-amino-alcohol motifs (C(OH)–C–C–N with tert-alkyl or cyclic N) is 4. The molecule has 45 nitrogen and oxygen atoms in total. The Bertz CT molecular complexity index is 4080. The molecule has 4 aromatic heterocycles. The number of carboxylic acids is 3. The number of hydrogen-bond donors (Lipinski definition) is 25. The standard InChI is InChI=1S/C16H19F3N6O6.C14H19N5O5.C12H15N5O5.C10H12N4O4.C4H9NO2.C4H11N.Na.H2O/c17-16(18,19)10(2-12(28)29)25-11(27)6-21-13(30)7-1-9(14(31)20-3-7)24-15-22-4-8(26)5-23-15;1-2-24-11(21)7-16-12(22)8-3-10(13(23)15-4-8)19-14-17-5-9(20)6-18-14;18-7-3-15-12(16-4-7)17-8-1-6(2-13-11(8)22)10(21)14-5-9(19)20;15-6-3-12-10(13-4-6)14-7-1-5(9(17)18)2-11-8(7)16;1-2-7-4(6)3-5;1-3-4(2)5;;/h1,3,8,10,26H,2,4-6H2,(H,20,31)(H,21,30)(H,25,27)(H,28,29)(H2,22,23,24);3-4,9,20H,2,5-7H2,1H3,(H,15,23)(H,16,22)(H2,17,18,19);1-2,7,18H,3-5H2,(H,13,22)(H,14,21)(H,19,20)(H2,15,16,17);1-2,6,15H,3-4H2,(H,11,16)(H,17,18)(H2,12,13,14);2-3,5H2,1H3;4H,3,5H2,1-2H3;;1H2/q;;;;;;+1;/p-1. The molecule has 6 unspecified atom stereocenters. The van der Waals surface area contributed by atoms with Crippen LogP contribution in [0, 0.1) is 0 Å². The van der Waals surface area contributed by atoms with Gasteiger partial charge in [-0.2, -0.15) is 13.2 Å². The second-order valence-electron chi connectivity index (χ2n) is 22.1. The van der Waals surface area contributed by atoms with Crippen molar-refractivity contribution in [2.75, 3.05) is 113 Å². The van der Waals surface area contributed by atoms with Gasteiger partial charge in [-0.3, -0.25) is 77.5 Å². The molecule has 0 aliphatic carbocycles. The van der Waals surface area contributed by atoms with Crippen molar-refractivity contribution in [2.24, 2.45) is 31.4 Å². The van der Waals surface area contributed by atoms with Gasteiger partial charge in [0.25, 0.3) is 40.0 Å². The number of hydrogen-bond acceptors (Lipinski definition) is 34. The molecule has 0 radical (unpaired) electrons. The van der Waals surface area contributed by atoms with Gasteiger partial charge in [-0.1, -0.05) is 6.92 Å². The van der Waals surface area contributed by atoms with E-state index >= 15 is 0 Å². The van der Waals surface area contributed by atoms with Crippen molar-refractivity contribution in [3.63, 3.8) is 0 Å². The number of aliphatic hydroxyl groups excluding tert-OH is 4. The SMILES string of the molecule is CCC(C)N.CCOC(=O)CN.CCOC(=O)CNC(=O)c1c[nH]c(=O)c(NC2=NCC(O)CN2)c1.O=C(O)CC(NC(=O)CNC(=O)c1c[nH]c(=O)c(NC2=NCC(O)CN2)c1)C(F)(F)F.O=C(O)CNC(=O)c1c[nH]c(=O)c(NC2=NCC(O)CN2)c1.O=C(O)c1c[nH]c(=O)c(NC2=NCC(O)CN2)c1.[Na+].[OH-]. The number of aromatic carboxylic acids is 1. The van der Waals surface area contributed by atoms with Gasteiger partial charge >= 0.3 is 65.6 Å². The molecule has 4 aromatic rings. The number of rotatable bonds is 21. The molecule has 596 valence electrons. The fourth-order valence-corrected chi connectivity index (χ4v) is 7.67. The number of aliphatic carboxylic acids is 2. The summed E-state index contributed by atoms with van der Waals surface area (Å²) in [5.41, 5.74) is 8.51. The number of ether oxygens (including phenoxy) is 2. The number of alkyl halides is 3. The zero-order chi connectivity index (χ0) is 79.9. The third kappa shape index (κ3) is 37.6. The number of aromatic nitrogens is 4. The molecule has 0 saturated heterocycles. The number of aliphatic imine (C=N–C) groups is 4. The van der Waals surface area contributed by atoms with Crippen LogP contribution in [0.5, 0.6) is 0 Å². The molecule has 8 heterocycles. The second kappa shape index (κ2) is 49.5. The van der Waals surface area contributed by atoms with Gasteiger partial charge in [0.05, 0.1) is 106 Å². The van der Waals surface area contributed by atoms with Crippen molar-refractivity contribution in [1.29, 1.82) is 0 Å². The first-order chi connectivity index (χ1) is 50.5. The zero-order valence-corrected chi connectivity index (χ0v) is 61.2. The predicted octanol–water partition coefficient (Wildman–Crippen LogP) is -9.44. The van der Waals surface area contributed by atoms with E-state index in [-0.39, 0.29) is 144 Å². The Morgan fingerprint density at radius 3 is 1.08 bits per heavy atom. The molecule has 28 N–H and O–H groups in total. The number of nitrogens with one attached hydrogen (secondary N) is 16. The van der Waals surface area contributed by atoms with Crippen LogP contribution < -0.4 is 127 Å². The number of amides is 4. The quantitative estimate of drug-likeness (QED) is 0.0272. The number of carbonyl (C=O) groups is 9. The van der Waals surface area contributed by atoms with E-state index in [9.17, 15) is 95.9 Å². The number of carboxylic acid groups (broad SMARTS) is 3. The Labute approximate surface area is 636 Å². The van der Waals surface area contributed by atoms with Gasteiger partial charge in [-0.25, -0.2) is 4.79 Å². The number of guanidine groups is 4. The van der Waals surface area contributed by atoms with Gasteiger partial charge in [0, 0.05) is 57.0 Å². The maximum atomic E-state index is 12.8. The third-order valence-electron chi connectivity index (χ3n) is 13.3. The summed E-state index contributed by atoms with van der Waals surface area (Å²) in [5.74, 6) is -7.11. The molecule has 6 atom stereocenters. The normalized spacial score (nSPS) is 16.3. The van der Waals surface area contributed by atoms with Crippen LogP contribution in [0.25, 0.3) is 0 Å². The van der Waals surface area contributed by atoms with Crippen molar-refractivity contribution in [2.45, 2.75) is 83.2 Å². The van der Waals surface area contributed by atoms with Crippen LogP contribution in [0.4, 0.5) is 35.9 Å². The zero-order valence-electron chi connectivity index (χ0n) is 59.2. The summed E-state index contributed by atoms with van der Waals surface area (Å²) in [6, 6.07) is 2.75. The van der Waals surface area contributed by atoms with E-state index < -0.39 is 126 Å².